The van der Waals surface area contributed by atoms with Crippen LogP contribution in [-0.2, 0) is 17.8 Å². The van der Waals surface area contributed by atoms with Gasteiger partial charge in [0.15, 0.2) is 0 Å². The van der Waals surface area contributed by atoms with Crippen LogP contribution in [0.1, 0.15) is 30.7 Å². The van der Waals surface area contributed by atoms with Crippen molar-refractivity contribution in [2.24, 2.45) is 5.92 Å². The van der Waals surface area contributed by atoms with Crippen LogP contribution in [0, 0.1) is 5.92 Å². The lowest BCUT2D eigenvalue weighted by atomic mass is 9.96. The SMILES string of the molecule is O=C(NCCCc1ccccc1)C1CCN(Cc2nc(-c3ccccc3Cl)no2)CC1. The molecule has 1 amide bonds. The van der Waals surface area contributed by atoms with Crippen molar-refractivity contribution in [2.75, 3.05) is 19.6 Å². The van der Waals surface area contributed by atoms with Crippen LogP contribution in [0.2, 0.25) is 5.02 Å². The van der Waals surface area contributed by atoms with Crippen molar-refractivity contribution in [3.63, 3.8) is 0 Å². The monoisotopic (exact) mass is 438 g/mol. The highest BCUT2D eigenvalue weighted by Gasteiger charge is 2.25. The van der Waals surface area contributed by atoms with Gasteiger partial charge in [0.05, 0.1) is 11.6 Å². The summed E-state index contributed by atoms with van der Waals surface area (Å²) in [5, 5.41) is 7.76. The number of aryl methyl sites for hydroxylation is 1. The molecule has 2 heterocycles. The number of halogens is 1. The summed E-state index contributed by atoms with van der Waals surface area (Å²) in [6.45, 7) is 2.99. The van der Waals surface area contributed by atoms with E-state index in [1.165, 1.54) is 5.56 Å². The highest BCUT2D eigenvalue weighted by atomic mass is 35.5. The average Bonchev–Trinajstić information content (AvgIpc) is 3.26. The van der Waals surface area contributed by atoms with E-state index in [1.807, 2.05) is 42.5 Å². The third kappa shape index (κ3) is 5.93. The Morgan fingerprint density at radius 1 is 1.10 bits per heavy atom. The fourth-order valence-electron chi connectivity index (χ4n) is 3.91. The first-order chi connectivity index (χ1) is 15.2. The first-order valence-electron chi connectivity index (χ1n) is 10.8. The Morgan fingerprint density at radius 3 is 2.61 bits per heavy atom. The number of hydrogen-bond donors (Lipinski definition) is 1. The summed E-state index contributed by atoms with van der Waals surface area (Å²) >= 11 is 6.21. The Bertz CT molecular complexity index is 984. The number of nitrogens with one attached hydrogen (secondary N) is 1. The first kappa shape index (κ1) is 21.5. The number of nitrogens with zero attached hydrogens (tertiary/aromatic N) is 3. The smallest absolute Gasteiger partial charge is 0.241 e. The molecule has 1 fully saturated rings. The summed E-state index contributed by atoms with van der Waals surface area (Å²) in [6, 6.07) is 17.8. The van der Waals surface area contributed by atoms with Crippen LogP contribution in [0.5, 0.6) is 0 Å². The quantitative estimate of drug-likeness (QED) is 0.529. The highest BCUT2D eigenvalue weighted by Crippen LogP contribution is 2.25. The topological polar surface area (TPSA) is 71.3 Å². The summed E-state index contributed by atoms with van der Waals surface area (Å²) < 4.78 is 5.41. The number of piperidine rings is 1. The van der Waals surface area contributed by atoms with Crippen LogP contribution < -0.4 is 5.32 Å². The largest absolute Gasteiger partial charge is 0.356 e. The number of aromatic nitrogens is 2. The molecule has 4 rings (SSSR count). The Balaban J connectivity index is 1.18. The lowest BCUT2D eigenvalue weighted by molar-refractivity contribution is -0.126. The second kappa shape index (κ2) is 10.6. The predicted molar refractivity (Wildman–Crippen MR) is 121 cm³/mol. The molecule has 1 aliphatic rings. The molecule has 3 aromatic rings. The summed E-state index contributed by atoms with van der Waals surface area (Å²) in [7, 11) is 0. The Labute approximate surface area is 187 Å². The lowest BCUT2D eigenvalue weighted by Crippen LogP contribution is -2.40. The molecule has 31 heavy (non-hydrogen) atoms. The third-order valence-electron chi connectivity index (χ3n) is 5.68. The van der Waals surface area contributed by atoms with Crippen molar-refractivity contribution in [1.29, 1.82) is 0 Å². The molecule has 1 aliphatic heterocycles. The van der Waals surface area contributed by atoms with Gasteiger partial charge in [-0.3, -0.25) is 9.69 Å². The van der Waals surface area contributed by atoms with Crippen molar-refractivity contribution in [2.45, 2.75) is 32.2 Å². The van der Waals surface area contributed by atoms with Crippen molar-refractivity contribution < 1.29 is 9.32 Å². The van der Waals surface area contributed by atoms with Gasteiger partial charge in [-0.05, 0) is 56.5 Å². The second-order valence-corrected chi connectivity index (χ2v) is 8.33. The maximum Gasteiger partial charge on any atom is 0.241 e. The molecule has 6 nitrogen and oxygen atoms in total. The summed E-state index contributed by atoms with van der Waals surface area (Å²) in [4.78, 5) is 19.2. The van der Waals surface area contributed by atoms with Gasteiger partial charge in [-0.1, -0.05) is 59.2 Å². The van der Waals surface area contributed by atoms with Gasteiger partial charge in [0, 0.05) is 18.0 Å². The minimum atomic E-state index is 0.0781. The van der Waals surface area contributed by atoms with E-state index in [2.05, 4.69) is 32.5 Å². The maximum atomic E-state index is 12.5. The van der Waals surface area contributed by atoms with Crippen LogP contribution in [0.25, 0.3) is 11.4 Å². The van der Waals surface area contributed by atoms with Crippen LogP contribution in [0.3, 0.4) is 0 Å². The number of rotatable bonds is 8. The minimum Gasteiger partial charge on any atom is -0.356 e. The van der Waals surface area contributed by atoms with E-state index in [4.69, 9.17) is 16.1 Å². The van der Waals surface area contributed by atoms with E-state index in [0.29, 0.717) is 23.3 Å². The number of hydrogen-bond acceptors (Lipinski definition) is 5. The van der Waals surface area contributed by atoms with E-state index in [9.17, 15) is 4.79 Å². The molecule has 1 saturated heterocycles. The van der Waals surface area contributed by atoms with Crippen molar-refractivity contribution in [1.82, 2.24) is 20.4 Å². The van der Waals surface area contributed by atoms with E-state index in [0.717, 1.165) is 50.9 Å². The predicted octanol–water partition coefficient (Wildman–Crippen LogP) is 4.35. The van der Waals surface area contributed by atoms with Gasteiger partial charge in [-0.2, -0.15) is 4.98 Å². The molecule has 0 spiro atoms. The van der Waals surface area contributed by atoms with E-state index < -0.39 is 0 Å². The first-order valence-corrected chi connectivity index (χ1v) is 11.2. The van der Waals surface area contributed by atoms with Crippen molar-refractivity contribution >= 4 is 17.5 Å². The van der Waals surface area contributed by atoms with Gasteiger partial charge in [-0.15, -0.1) is 0 Å². The van der Waals surface area contributed by atoms with Crippen LogP contribution in [0.15, 0.2) is 59.1 Å². The number of carbonyl (C=O) groups is 1. The summed E-state index contributed by atoms with van der Waals surface area (Å²) in [5.41, 5.74) is 2.07. The molecule has 0 bridgehead atoms. The average molecular weight is 439 g/mol. The van der Waals surface area contributed by atoms with E-state index >= 15 is 0 Å². The zero-order valence-corrected chi connectivity index (χ0v) is 18.2. The van der Waals surface area contributed by atoms with Crippen molar-refractivity contribution in [3.05, 3.63) is 71.1 Å². The van der Waals surface area contributed by atoms with Crippen LogP contribution in [-0.4, -0.2) is 40.6 Å². The van der Waals surface area contributed by atoms with Crippen LogP contribution in [0.4, 0.5) is 0 Å². The second-order valence-electron chi connectivity index (χ2n) is 7.92. The molecular formula is C24H27ClN4O2. The van der Waals surface area contributed by atoms with Gasteiger partial charge >= 0.3 is 0 Å². The molecule has 1 N–H and O–H groups in total. The fourth-order valence-corrected chi connectivity index (χ4v) is 4.13. The standard InChI is InChI=1S/C24H27ClN4O2/c25-21-11-5-4-10-20(21)23-27-22(31-28-23)17-29-15-12-19(13-16-29)24(30)26-14-6-9-18-7-2-1-3-8-18/h1-5,7-8,10-11,19H,6,9,12-17H2,(H,26,30). The normalized spacial score (nSPS) is 15.1. The molecule has 0 unspecified atom stereocenters. The molecule has 0 saturated carbocycles. The molecule has 1 aromatic heterocycles. The molecule has 0 atom stereocenters. The molecule has 0 aliphatic carbocycles. The molecule has 162 valence electrons. The number of amides is 1. The third-order valence-corrected chi connectivity index (χ3v) is 6.01. The zero-order valence-electron chi connectivity index (χ0n) is 17.5. The molecule has 2 aromatic carbocycles. The minimum absolute atomic E-state index is 0.0781. The van der Waals surface area contributed by atoms with Gasteiger partial charge < -0.3 is 9.84 Å². The van der Waals surface area contributed by atoms with Gasteiger partial charge in [0.25, 0.3) is 0 Å². The van der Waals surface area contributed by atoms with Crippen LogP contribution >= 0.6 is 11.6 Å². The number of likely N-dealkylation sites (tertiary alicyclic amines) is 1. The number of carbonyl (C=O) groups excluding carboxylic acids is 1. The Kier molecular flexibility index (Phi) is 7.33. The van der Waals surface area contributed by atoms with Gasteiger partial charge in [-0.25, -0.2) is 0 Å². The highest BCUT2D eigenvalue weighted by molar-refractivity contribution is 6.33. The van der Waals surface area contributed by atoms with E-state index in [-0.39, 0.29) is 11.8 Å². The summed E-state index contributed by atoms with van der Waals surface area (Å²) in [5.74, 6) is 1.32. The number of benzene rings is 2. The summed E-state index contributed by atoms with van der Waals surface area (Å²) in [6.07, 6.45) is 3.63. The Hall–Kier alpha value is -2.70. The molecular weight excluding hydrogens is 412 g/mol. The lowest BCUT2D eigenvalue weighted by Gasteiger charge is -2.30. The fraction of sp³-hybridized carbons (Fsp3) is 0.375. The van der Waals surface area contributed by atoms with Gasteiger partial charge in [0.1, 0.15) is 0 Å². The molecule has 0 radical (unpaired) electrons. The molecule has 7 heteroatoms. The zero-order chi connectivity index (χ0) is 21.5. The maximum absolute atomic E-state index is 12.5. The van der Waals surface area contributed by atoms with E-state index in [1.54, 1.807) is 0 Å². The Morgan fingerprint density at radius 2 is 1.84 bits per heavy atom. The van der Waals surface area contributed by atoms with Gasteiger partial charge in [0.2, 0.25) is 17.6 Å². The van der Waals surface area contributed by atoms with Crippen molar-refractivity contribution in [3.8, 4) is 11.4 Å².